The molecule has 0 unspecified atom stereocenters. The predicted octanol–water partition coefficient (Wildman–Crippen LogP) is 3.95. The van der Waals surface area contributed by atoms with Gasteiger partial charge in [-0.3, -0.25) is 0 Å². The highest BCUT2D eigenvalue weighted by Gasteiger charge is 2.20. The summed E-state index contributed by atoms with van der Waals surface area (Å²) in [5.41, 5.74) is 1.34. The number of fused-ring (bicyclic) bond motifs is 1. The van der Waals surface area contributed by atoms with E-state index >= 15 is 0 Å². The molecule has 19 heavy (non-hydrogen) atoms. The first kappa shape index (κ1) is 13.1. The van der Waals surface area contributed by atoms with Gasteiger partial charge in [-0.2, -0.15) is 0 Å². The molecule has 0 saturated heterocycles. The van der Waals surface area contributed by atoms with Crippen molar-refractivity contribution in [3.63, 3.8) is 0 Å². The molecule has 0 atom stereocenters. The summed E-state index contributed by atoms with van der Waals surface area (Å²) in [4.78, 5) is 0. The van der Waals surface area contributed by atoms with Crippen molar-refractivity contribution >= 4 is 21.4 Å². The molecule has 0 bridgehead atoms. The van der Waals surface area contributed by atoms with E-state index in [0.29, 0.717) is 12.1 Å². The van der Waals surface area contributed by atoms with E-state index in [1.54, 1.807) is 0 Å². The number of benzene rings is 1. The quantitative estimate of drug-likeness (QED) is 0.912. The summed E-state index contributed by atoms with van der Waals surface area (Å²) in [6.07, 6.45) is 5.31. The van der Waals surface area contributed by atoms with E-state index in [0.717, 1.165) is 6.61 Å². The van der Waals surface area contributed by atoms with Gasteiger partial charge in [0.15, 0.2) is 0 Å². The van der Waals surface area contributed by atoms with Crippen molar-refractivity contribution in [2.75, 3.05) is 7.05 Å². The predicted molar refractivity (Wildman–Crippen MR) is 81.7 cm³/mol. The first-order chi connectivity index (χ1) is 9.36. The second kappa shape index (κ2) is 6.04. The molecule has 3 rings (SSSR count). The Bertz CT molecular complexity index is 528. The molecule has 1 aromatic heterocycles. The van der Waals surface area contributed by atoms with Crippen LogP contribution in [0.25, 0.3) is 10.1 Å². The molecule has 1 aliphatic carbocycles. The van der Waals surface area contributed by atoms with Crippen LogP contribution < -0.4 is 5.32 Å². The Morgan fingerprint density at radius 2 is 2.00 bits per heavy atom. The largest absolute Gasteiger partial charge is 0.373 e. The van der Waals surface area contributed by atoms with E-state index in [1.165, 1.54) is 41.3 Å². The minimum Gasteiger partial charge on any atom is -0.373 e. The van der Waals surface area contributed by atoms with E-state index in [2.05, 4.69) is 42.0 Å². The smallest absolute Gasteiger partial charge is 0.0734 e. The minimum absolute atomic E-state index is 0.447. The Kier molecular flexibility index (Phi) is 4.16. The third kappa shape index (κ3) is 2.99. The van der Waals surface area contributed by atoms with E-state index in [-0.39, 0.29) is 0 Å². The summed E-state index contributed by atoms with van der Waals surface area (Å²) in [5, 5.41) is 6.96. The summed E-state index contributed by atoms with van der Waals surface area (Å²) < 4.78 is 7.47. The van der Waals surface area contributed by atoms with Crippen molar-refractivity contribution in [1.82, 2.24) is 5.32 Å². The number of rotatable bonds is 4. The van der Waals surface area contributed by atoms with Gasteiger partial charge in [-0.1, -0.05) is 18.2 Å². The average Bonchev–Trinajstić information content (AvgIpc) is 2.89. The Morgan fingerprint density at radius 3 is 2.79 bits per heavy atom. The highest BCUT2D eigenvalue weighted by atomic mass is 32.1. The van der Waals surface area contributed by atoms with Gasteiger partial charge in [0.2, 0.25) is 0 Å². The van der Waals surface area contributed by atoms with E-state index < -0.39 is 0 Å². The van der Waals surface area contributed by atoms with Gasteiger partial charge in [0, 0.05) is 10.7 Å². The Morgan fingerprint density at radius 1 is 1.21 bits per heavy atom. The van der Waals surface area contributed by atoms with E-state index in [9.17, 15) is 0 Å². The van der Waals surface area contributed by atoms with Crippen molar-refractivity contribution in [2.45, 2.75) is 44.4 Å². The zero-order valence-electron chi connectivity index (χ0n) is 11.4. The molecule has 2 aromatic rings. The van der Waals surface area contributed by atoms with Crippen LogP contribution in [-0.4, -0.2) is 19.2 Å². The summed E-state index contributed by atoms with van der Waals surface area (Å²) in [5.74, 6) is 0. The van der Waals surface area contributed by atoms with Gasteiger partial charge in [0.05, 0.1) is 12.7 Å². The lowest BCUT2D eigenvalue weighted by molar-refractivity contribution is 0.0125. The molecule has 2 nitrogen and oxygen atoms in total. The van der Waals surface area contributed by atoms with Crippen molar-refractivity contribution in [3.8, 4) is 0 Å². The number of nitrogens with one attached hydrogen (secondary N) is 1. The molecule has 0 spiro atoms. The van der Waals surface area contributed by atoms with Crippen LogP contribution in [0, 0.1) is 0 Å². The summed E-state index contributed by atoms with van der Waals surface area (Å²) in [7, 11) is 2.06. The van der Waals surface area contributed by atoms with Gasteiger partial charge in [-0.25, -0.2) is 0 Å². The fourth-order valence-corrected chi connectivity index (χ4v) is 3.82. The van der Waals surface area contributed by atoms with Crippen LogP contribution >= 0.6 is 11.3 Å². The van der Waals surface area contributed by atoms with Gasteiger partial charge < -0.3 is 10.1 Å². The fourth-order valence-electron chi connectivity index (χ4n) is 2.87. The zero-order chi connectivity index (χ0) is 13.1. The molecule has 0 amide bonds. The van der Waals surface area contributed by atoms with Crippen LogP contribution in [0.2, 0.25) is 0 Å². The summed E-state index contributed by atoms with van der Waals surface area (Å²) in [6, 6.07) is 9.28. The molecule has 3 heteroatoms. The lowest BCUT2D eigenvalue weighted by atomic mass is 9.93. The molecule has 102 valence electrons. The lowest BCUT2D eigenvalue weighted by Crippen LogP contribution is -2.32. The first-order valence-electron chi connectivity index (χ1n) is 7.11. The molecular formula is C16H21NOS. The van der Waals surface area contributed by atoms with Crippen molar-refractivity contribution in [3.05, 3.63) is 35.2 Å². The molecule has 0 radical (unpaired) electrons. The normalized spacial score (nSPS) is 23.8. The molecule has 1 heterocycles. The number of thiophene rings is 1. The number of hydrogen-bond donors (Lipinski definition) is 1. The van der Waals surface area contributed by atoms with Crippen LogP contribution in [0.5, 0.6) is 0 Å². The maximum Gasteiger partial charge on any atom is 0.0734 e. The van der Waals surface area contributed by atoms with Crippen molar-refractivity contribution < 1.29 is 4.74 Å². The molecule has 1 N–H and O–H groups in total. The maximum atomic E-state index is 6.11. The van der Waals surface area contributed by atoms with Crippen LogP contribution in [0.15, 0.2) is 29.6 Å². The Hall–Kier alpha value is -0.900. The molecule has 1 saturated carbocycles. The average molecular weight is 275 g/mol. The lowest BCUT2D eigenvalue weighted by Gasteiger charge is -2.28. The van der Waals surface area contributed by atoms with Crippen molar-refractivity contribution in [1.29, 1.82) is 0 Å². The van der Waals surface area contributed by atoms with Crippen LogP contribution in [0.1, 0.15) is 31.2 Å². The van der Waals surface area contributed by atoms with Crippen LogP contribution in [-0.2, 0) is 11.3 Å². The molecule has 1 aliphatic rings. The number of ether oxygens (including phenoxy) is 1. The fraction of sp³-hybridized carbons (Fsp3) is 0.500. The highest BCUT2D eigenvalue weighted by molar-refractivity contribution is 7.17. The second-order valence-electron chi connectivity index (χ2n) is 5.33. The Labute approximate surface area is 118 Å². The van der Waals surface area contributed by atoms with Gasteiger partial charge in [-0.15, -0.1) is 11.3 Å². The SMILES string of the molecule is CNC1CCC(OCc2csc3ccccc23)CC1. The van der Waals surface area contributed by atoms with E-state index in [4.69, 9.17) is 4.74 Å². The Balaban J connectivity index is 1.58. The summed E-state index contributed by atoms with van der Waals surface area (Å²) in [6.45, 7) is 0.763. The minimum atomic E-state index is 0.447. The molecule has 1 fully saturated rings. The molecular weight excluding hydrogens is 254 g/mol. The number of hydrogen-bond acceptors (Lipinski definition) is 3. The third-order valence-corrected chi connectivity index (χ3v) is 5.13. The first-order valence-corrected chi connectivity index (χ1v) is 7.99. The molecule has 0 aliphatic heterocycles. The maximum absolute atomic E-state index is 6.11. The van der Waals surface area contributed by atoms with Crippen molar-refractivity contribution in [2.24, 2.45) is 0 Å². The van der Waals surface area contributed by atoms with Gasteiger partial charge in [-0.05, 0) is 55.1 Å². The standard InChI is InChI=1S/C16H21NOS/c1-17-13-6-8-14(9-7-13)18-10-12-11-19-16-5-3-2-4-15(12)16/h2-5,11,13-14,17H,6-10H2,1H3. The third-order valence-electron chi connectivity index (χ3n) is 4.12. The van der Waals surface area contributed by atoms with Gasteiger partial charge in [0.1, 0.15) is 0 Å². The second-order valence-corrected chi connectivity index (χ2v) is 6.24. The van der Waals surface area contributed by atoms with Crippen LogP contribution in [0.4, 0.5) is 0 Å². The monoisotopic (exact) mass is 275 g/mol. The molecule has 1 aromatic carbocycles. The summed E-state index contributed by atoms with van der Waals surface area (Å²) >= 11 is 1.81. The highest BCUT2D eigenvalue weighted by Crippen LogP contribution is 2.28. The zero-order valence-corrected chi connectivity index (χ0v) is 12.2. The van der Waals surface area contributed by atoms with Crippen LogP contribution in [0.3, 0.4) is 0 Å². The topological polar surface area (TPSA) is 21.3 Å². The van der Waals surface area contributed by atoms with Gasteiger partial charge in [0.25, 0.3) is 0 Å². The van der Waals surface area contributed by atoms with E-state index in [1.807, 2.05) is 11.3 Å². The van der Waals surface area contributed by atoms with Gasteiger partial charge >= 0.3 is 0 Å².